The van der Waals surface area contributed by atoms with Crippen LogP contribution in [0.25, 0.3) is 0 Å². The quantitative estimate of drug-likeness (QED) is 0.492. The van der Waals surface area contributed by atoms with E-state index in [9.17, 15) is 0 Å². The van der Waals surface area contributed by atoms with Gasteiger partial charge >= 0.3 is 0 Å². The highest BCUT2D eigenvalue weighted by Gasteiger charge is 2.22. The Hall–Kier alpha value is -1.67. The number of guanidine groups is 1. The molecule has 158 valence electrons. The summed E-state index contributed by atoms with van der Waals surface area (Å²) in [6, 6.07) is 8.27. The van der Waals surface area contributed by atoms with E-state index < -0.39 is 0 Å². The second-order valence-corrected chi connectivity index (χ2v) is 8.47. The van der Waals surface area contributed by atoms with Crippen molar-refractivity contribution in [1.82, 2.24) is 20.5 Å². The first-order chi connectivity index (χ1) is 14.2. The van der Waals surface area contributed by atoms with E-state index in [1.54, 1.807) is 11.3 Å². The van der Waals surface area contributed by atoms with Crippen molar-refractivity contribution >= 4 is 28.9 Å². The normalized spacial score (nSPS) is 16.6. The van der Waals surface area contributed by atoms with Crippen LogP contribution in [-0.4, -0.2) is 61.8 Å². The van der Waals surface area contributed by atoms with E-state index >= 15 is 0 Å². The van der Waals surface area contributed by atoms with Gasteiger partial charge in [0.05, 0.1) is 36.5 Å². The molecule has 6 nitrogen and oxygen atoms in total. The van der Waals surface area contributed by atoms with Gasteiger partial charge in [-0.05, 0) is 31.5 Å². The topological polar surface area (TPSA) is 61.8 Å². The molecule has 3 rings (SSSR count). The Morgan fingerprint density at radius 2 is 2.17 bits per heavy atom. The first kappa shape index (κ1) is 22.0. The second-order valence-electron chi connectivity index (χ2n) is 6.97. The Labute approximate surface area is 182 Å². The van der Waals surface area contributed by atoms with Gasteiger partial charge in [-0.2, -0.15) is 0 Å². The average Bonchev–Trinajstić information content (AvgIpc) is 3.14. The molecule has 1 atom stereocenters. The van der Waals surface area contributed by atoms with Gasteiger partial charge in [-0.25, -0.2) is 4.98 Å². The molecule has 0 radical (unpaired) electrons. The van der Waals surface area contributed by atoms with Crippen molar-refractivity contribution < 1.29 is 4.74 Å². The number of nitrogens with one attached hydrogen (secondary N) is 2. The van der Waals surface area contributed by atoms with Gasteiger partial charge in [0.1, 0.15) is 0 Å². The van der Waals surface area contributed by atoms with Crippen LogP contribution in [0.3, 0.4) is 0 Å². The monoisotopic (exact) mass is 435 g/mol. The third kappa shape index (κ3) is 6.96. The smallest absolute Gasteiger partial charge is 0.191 e. The lowest BCUT2D eigenvalue weighted by atomic mass is 10.0. The van der Waals surface area contributed by atoms with Gasteiger partial charge in [0.2, 0.25) is 0 Å². The highest BCUT2D eigenvalue weighted by atomic mass is 35.5. The van der Waals surface area contributed by atoms with E-state index in [0.717, 1.165) is 67.5 Å². The second kappa shape index (κ2) is 11.5. The molecule has 2 aromatic rings. The van der Waals surface area contributed by atoms with Gasteiger partial charge in [-0.3, -0.25) is 9.89 Å². The maximum Gasteiger partial charge on any atom is 0.191 e. The molecule has 1 aliphatic heterocycles. The molecule has 0 aliphatic carbocycles. The number of aryl methyl sites for hydroxylation is 1. The van der Waals surface area contributed by atoms with Gasteiger partial charge < -0.3 is 15.4 Å². The van der Waals surface area contributed by atoms with E-state index in [1.165, 1.54) is 5.56 Å². The number of halogens is 1. The number of ether oxygens (including phenoxy) is 1. The van der Waals surface area contributed by atoms with E-state index in [4.69, 9.17) is 21.3 Å². The number of morpholine rings is 1. The van der Waals surface area contributed by atoms with Gasteiger partial charge in [0.15, 0.2) is 5.96 Å². The number of thiazole rings is 1. The summed E-state index contributed by atoms with van der Waals surface area (Å²) in [6.45, 7) is 9.71. The zero-order valence-electron chi connectivity index (χ0n) is 17.2. The maximum atomic E-state index is 6.26. The molecule has 0 bridgehead atoms. The van der Waals surface area contributed by atoms with E-state index in [2.05, 4.69) is 38.9 Å². The van der Waals surface area contributed by atoms with Crippen molar-refractivity contribution in [2.75, 3.05) is 45.9 Å². The number of benzene rings is 1. The predicted molar refractivity (Wildman–Crippen MR) is 121 cm³/mol. The Balaban J connectivity index is 1.66. The molecular formula is C21H30ClN5OS. The van der Waals surface area contributed by atoms with Crippen molar-refractivity contribution in [3.63, 3.8) is 0 Å². The molecule has 0 saturated carbocycles. The number of aliphatic imine (C=N–C) groups is 1. The largest absolute Gasteiger partial charge is 0.379 e. The molecule has 1 aromatic carbocycles. The molecule has 1 unspecified atom stereocenters. The molecular weight excluding hydrogens is 406 g/mol. The minimum Gasteiger partial charge on any atom is -0.379 e. The minimum absolute atomic E-state index is 0.175. The summed E-state index contributed by atoms with van der Waals surface area (Å²) in [6.07, 6.45) is 0.885. The van der Waals surface area contributed by atoms with Crippen LogP contribution < -0.4 is 10.6 Å². The molecule has 1 aliphatic rings. The fourth-order valence-electron chi connectivity index (χ4n) is 3.39. The lowest BCUT2D eigenvalue weighted by Gasteiger charge is -2.34. The number of aromatic nitrogens is 1. The molecule has 1 saturated heterocycles. The van der Waals surface area contributed by atoms with E-state index in [1.807, 2.05) is 25.1 Å². The number of hydrogen-bond donors (Lipinski definition) is 2. The molecule has 2 heterocycles. The first-order valence-electron chi connectivity index (χ1n) is 10.2. The minimum atomic E-state index is 0.175. The standard InChI is InChI=1S/C21H30ClN5OS/c1-3-23-21(24-8-7-19-15-29-16(2)26-19)25-14-20(27-9-11-28-12-10-27)17-5-4-6-18(22)13-17/h4-6,13,15,20H,3,7-12,14H2,1-2H3,(H2,23,24,25). The van der Waals surface area contributed by atoms with Crippen LogP contribution in [0.1, 0.15) is 29.2 Å². The van der Waals surface area contributed by atoms with Crippen LogP contribution in [0.5, 0.6) is 0 Å². The zero-order chi connectivity index (χ0) is 20.5. The van der Waals surface area contributed by atoms with Crippen LogP contribution >= 0.6 is 22.9 Å². The van der Waals surface area contributed by atoms with Crippen molar-refractivity contribution in [2.24, 2.45) is 4.99 Å². The Kier molecular flexibility index (Phi) is 8.73. The van der Waals surface area contributed by atoms with Crippen LogP contribution in [0.4, 0.5) is 0 Å². The lowest BCUT2D eigenvalue weighted by molar-refractivity contribution is 0.0180. The molecule has 29 heavy (non-hydrogen) atoms. The van der Waals surface area contributed by atoms with Crippen molar-refractivity contribution in [3.8, 4) is 0 Å². The summed E-state index contributed by atoms with van der Waals surface area (Å²) in [7, 11) is 0. The third-order valence-electron chi connectivity index (χ3n) is 4.83. The first-order valence-corrected chi connectivity index (χ1v) is 11.4. The Bertz CT molecular complexity index is 791. The Morgan fingerprint density at radius 3 is 2.86 bits per heavy atom. The van der Waals surface area contributed by atoms with Crippen molar-refractivity contribution in [3.05, 3.63) is 50.9 Å². The molecule has 1 fully saturated rings. The van der Waals surface area contributed by atoms with E-state index in [-0.39, 0.29) is 6.04 Å². The molecule has 2 N–H and O–H groups in total. The molecule has 0 spiro atoms. The van der Waals surface area contributed by atoms with Crippen LogP contribution in [0, 0.1) is 6.92 Å². The number of hydrogen-bond acceptors (Lipinski definition) is 5. The van der Waals surface area contributed by atoms with Gasteiger partial charge in [-0.15, -0.1) is 11.3 Å². The summed E-state index contributed by atoms with van der Waals surface area (Å²) in [5.41, 5.74) is 2.32. The SMILES string of the molecule is CCNC(=NCC(c1cccc(Cl)c1)N1CCOCC1)NCCc1csc(C)n1. The molecule has 0 amide bonds. The van der Waals surface area contributed by atoms with Gasteiger partial charge in [0, 0.05) is 43.0 Å². The fraction of sp³-hybridized carbons (Fsp3) is 0.524. The zero-order valence-corrected chi connectivity index (χ0v) is 18.7. The molecule has 8 heteroatoms. The van der Waals surface area contributed by atoms with Crippen LogP contribution in [0.2, 0.25) is 5.02 Å². The van der Waals surface area contributed by atoms with E-state index in [0.29, 0.717) is 6.54 Å². The van der Waals surface area contributed by atoms with Crippen LogP contribution in [-0.2, 0) is 11.2 Å². The van der Waals surface area contributed by atoms with Gasteiger partial charge in [0.25, 0.3) is 0 Å². The predicted octanol–water partition coefficient (Wildman–Crippen LogP) is 3.28. The average molecular weight is 436 g/mol. The fourth-order valence-corrected chi connectivity index (χ4v) is 4.23. The van der Waals surface area contributed by atoms with Crippen molar-refractivity contribution in [2.45, 2.75) is 26.3 Å². The molecule has 1 aromatic heterocycles. The third-order valence-corrected chi connectivity index (χ3v) is 5.88. The lowest BCUT2D eigenvalue weighted by Crippen LogP contribution is -2.42. The van der Waals surface area contributed by atoms with Crippen molar-refractivity contribution in [1.29, 1.82) is 0 Å². The summed E-state index contributed by atoms with van der Waals surface area (Å²) in [4.78, 5) is 11.8. The summed E-state index contributed by atoms with van der Waals surface area (Å²) >= 11 is 7.95. The maximum absolute atomic E-state index is 6.26. The highest BCUT2D eigenvalue weighted by molar-refractivity contribution is 7.09. The summed E-state index contributed by atoms with van der Waals surface area (Å²) in [5.74, 6) is 0.833. The van der Waals surface area contributed by atoms with Gasteiger partial charge in [-0.1, -0.05) is 23.7 Å². The van der Waals surface area contributed by atoms with Crippen LogP contribution in [0.15, 0.2) is 34.6 Å². The number of rotatable bonds is 8. The summed E-state index contributed by atoms with van der Waals surface area (Å²) < 4.78 is 5.54. The number of nitrogens with zero attached hydrogens (tertiary/aromatic N) is 3. The summed E-state index contributed by atoms with van der Waals surface area (Å²) in [5, 5.41) is 10.8. The highest BCUT2D eigenvalue weighted by Crippen LogP contribution is 2.24. The Morgan fingerprint density at radius 1 is 1.34 bits per heavy atom.